The van der Waals surface area contributed by atoms with Gasteiger partial charge in [0.15, 0.2) is 0 Å². The lowest BCUT2D eigenvalue weighted by Crippen LogP contribution is -2.29. The second-order valence-electron chi connectivity index (χ2n) is 9.39. The summed E-state index contributed by atoms with van der Waals surface area (Å²) >= 11 is 0. The van der Waals surface area contributed by atoms with Crippen molar-refractivity contribution in [2.45, 2.75) is 39.2 Å². The Labute approximate surface area is 198 Å². The summed E-state index contributed by atoms with van der Waals surface area (Å²) in [6.07, 6.45) is 3.19. The van der Waals surface area contributed by atoms with E-state index in [4.69, 9.17) is 5.26 Å². The van der Waals surface area contributed by atoms with Gasteiger partial charge in [0.25, 0.3) is 11.7 Å². The third-order valence-corrected chi connectivity index (χ3v) is 6.08. The molecule has 34 heavy (non-hydrogen) atoms. The molecular formula is C28H25N3O3. The monoisotopic (exact) mass is 451 g/mol. The van der Waals surface area contributed by atoms with Crippen molar-refractivity contribution in [2.24, 2.45) is 0 Å². The number of hydrogen-bond acceptors (Lipinski definition) is 5. The highest BCUT2D eigenvalue weighted by molar-refractivity contribution is 6.51. The summed E-state index contributed by atoms with van der Waals surface area (Å²) in [4.78, 5) is 32.1. The summed E-state index contributed by atoms with van der Waals surface area (Å²) in [6, 6.07) is 16.9. The van der Waals surface area contributed by atoms with Crippen molar-refractivity contribution in [3.8, 4) is 6.07 Å². The molecule has 0 aliphatic carbocycles. The highest BCUT2D eigenvalue weighted by Crippen LogP contribution is 2.42. The quantitative estimate of drug-likeness (QED) is 0.336. The summed E-state index contributed by atoms with van der Waals surface area (Å²) < 4.78 is 0. The zero-order chi connectivity index (χ0) is 24.6. The maximum atomic E-state index is 13.3. The lowest BCUT2D eigenvalue weighted by atomic mass is 9.84. The number of rotatable bonds is 3. The maximum Gasteiger partial charge on any atom is 0.300 e. The molecule has 4 rings (SSSR count). The number of aliphatic hydroxyl groups is 1. The summed E-state index contributed by atoms with van der Waals surface area (Å²) in [5.74, 6) is -1.73. The number of carbonyl (C=O) groups is 2. The number of pyridine rings is 1. The molecule has 0 bridgehead atoms. The number of nitriles is 1. The number of carbonyl (C=O) groups excluding carboxylic acids is 2. The van der Waals surface area contributed by atoms with E-state index in [-0.39, 0.29) is 16.7 Å². The molecule has 1 unspecified atom stereocenters. The van der Waals surface area contributed by atoms with Gasteiger partial charge in [-0.05, 0) is 65.4 Å². The first-order chi connectivity index (χ1) is 16.1. The predicted molar refractivity (Wildman–Crippen MR) is 130 cm³/mol. The van der Waals surface area contributed by atoms with Crippen LogP contribution in [0.5, 0.6) is 0 Å². The Morgan fingerprint density at radius 2 is 1.79 bits per heavy atom. The summed E-state index contributed by atoms with van der Waals surface area (Å²) in [7, 11) is 0. The minimum atomic E-state index is -0.862. The van der Waals surface area contributed by atoms with Crippen molar-refractivity contribution in [3.05, 3.63) is 100 Å². The van der Waals surface area contributed by atoms with Crippen LogP contribution in [0, 0.1) is 18.3 Å². The number of benzene rings is 2. The fourth-order valence-electron chi connectivity index (χ4n) is 4.14. The Hall–Kier alpha value is -4.24. The highest BCUT2D eigenvalue weighted by atomic mass is 16.3. The van der Waals surface area contributed by atoms with E-state index in [1.807, 2.05) is 25.1 Å². The minimum Gasteiger partial charge on any atom is -0.507 e. The van der Waals surface area contributed by atoms with E-state index in [1.54, 1.807) is 48.8 Å². The van der Waals surface area contributed by atoms with Gasteiger partial charge in [-0.15, -0.1) is 0 Å². The molecule has 1 amide bonds. The molecule has 2 heterocycles. The van der Waals surface area contributed by atoms with Gasteiger partial charge >= 0.3 is 0 Å². The molecule has 2 aromatic carbocycles. The van der Waals surface area contributed by atoms with Crippen LogP contribution in [0.2, 0.25) is 0 Å². The third-order valence-electron chi connectivity index (χ3n) is 6.08. The molecular weight excluding hydrogens is 426 g/mol. The highest BCUT2D eigenvalue weighted by Gasteiger charge is 2.47. The Kier molecular flexibility index (Phi) is 5.80. The number of aryl methyl sites for hydroxylation is 1. The number of anilines is 1. The van der Waals surface area contributed by atoms with Gasteiger partial charge in [-0.3, -0.25) is 19.5 Å². The number of hydrogen-bond donors (Lipinski definition) is 1. The van der Waals surface area contributed by atoms with Crippen LogP contribution in [0.4, 0.5) is 5.69 Å². The van der Waals surface area contributed by atoms with Gasteiger partial charge in [0.2, 0.25) is 0 Å². The molecule has 1 aliphatic heterocycles. The molecule has 1 saturated heterocycles. The minimum absolute atomic E-state index is 0.0107. The number of amides is 1. The number of nitrogens with zero attached hydrogens (tertiary/aromatic N) is 3. The fraction of sp³-hybridized carbons (Fsp3) is 0.214. The smallest absolute Gasteiger partial charge is 0.300 e. The van der Waals surface area contributed by atoms with Crippen molar-refractivity contribution in [3.63, 3.8) is 0 Å². The van der Waals surface area contributed by atoms with Crippen LogP contribution in [0.15, 0.2) is 72.6 Å². The lowest BCUT2D eigenvalue weighted by molar-refractivity contribution is -0.132. The Bertz CT molecular complexity index is 1340. The Morgan fingerprint density at radius 1 is 1.09 bits per heavy atom. The first-order valence-corrected chi connectivity index (χ1v) is 11.0. The van der Waals surface area contributed by atoms with Crippen LogP contribution in [-0.2, 0) is 15.0 Å². The largest absolute Gasteiger partial charge is 0.507 e. The van der Waals surface area contributed by atoms with Crippen molar-refractivity contribution in [1.82, 2.24) is 4.98 Å². The standard InChI is InChI=1S/C28H25N3O3/c1-17-7-10-20(28(2,3)4)14-22(17)25(32)23-24(19-6-5-13-30-16-19)31(27(34)26(23)33)21-11-8-18(15-29)9-12-21/h5-14,16,24,32H,1-4H3/b25-23+. The van der Waals surface area contributed by atoms with E-state index in [0.29, 0.717) is 22.4 Å². The van der Waals surface area contributed by atoms with Crippen molar-refractivity contribution >= 4 is 23.1 Å². The SMILES string of the molecule is Cc1ccc(C(C)(C)C)cc1/C(O)=C1\C(=O)C(=O)N(c2ccc(C#N)cc2)C1c1cccnc1. The van der Waals surface area contributed by atoms with E-state index in [2.05, 4.69) is 31.8 Å². The molecule has 0 spiro atoms. The average molecular weight is 452 g/mol. The van der Waals surface area contributed by atoms with Crippen LogP contribution in [0.3, 0.4) is 0 Å². The van der Waals surface area contributed by atoms with E-state index in [0.717, 1.165) is 11.1 Å². The molecule has 0 saturated carbocycles. The normalized spacial score (nSPS) is 17.6. The van der Waals surface area contributed by atoms with Crippen molar-refractivity contribution < 1.29 is 14.7 Å². The molecule has 1 fully saturated rings. The number of aliphatic hydroxyl groups excluding tert-OH is 1. The van der Waals surface area contributed by atoms with Crippen LogP contribution in [0.25, 0.3) is 5.76 Å². The first-order valence-electron chi connectivity index (χ1n) is 11.0. The molecule has 1 N–H and O–H groups in total. The summed E-state index contributed by atoms with van der Waals surface area (Å²) in [6.45, 7) is 8.07. The second-order valence-corrected chi connectivity index (χ2v) is 9.39. The zero-order valence-corrected chi connectivity index (χ0v) is 19.5. The molecule has 0 radical (unpaired) electrons. The Balaban J connectivity index is 1.96. The number of Topliss-reactive ketones (excluding diaryl/α,β-unsaturated/α-hetero) is 1. The van der Waals surface area contributed by atoms with Gasteiger partial charge in [-0.25, -0.2) is 0 Å². The molecule has 1 aliphatic rings. The van der Waals surface area contributed by atoms with Crippen molar-refractivity contribution in [2.75, 3.05) is 4.90 Å². The Morgan fingerprint density at radius 3 is 2.38 bits per heavy atom. The van der Waals surface area contributed by atoms with E-state index < -0.39 is 17.7 Å². The van der Waals surface area contributed by atoms with Crippen LogP contribution in [-0.4, -0.2) is 21.8 Å². The van der Waals surface area contributed by atoms with E-state index in [1.165, 1.54) is 4.90 Å². The molecule has 1 atom stereocenters. The topological polar surface area (TPSA) is 94.3 Å². The van der Waals surface area contributed by atoms with Gasteiger partial charge in [0, 0.05) is 23.6 Å². The van der Waals surface area contributed by atoms with Gasteiger partial charge in [0.1, 0.15) is 5.76 Å². The van der Waals surface area contributed by atoms with Crippen LogP contribution in [0.1, 0.15) is 54.6 Å². The molecule has 170 valence electrons. The van der Waals surface area contributed by atoms with Crippen LogP contribution < -0.4 is 4.90 Å². The van der Waals surface area contributed by atoms with E-state index >= 15 is 0 Å². The third kappa shape index (κ3) is 3.97. The average Bonchev–Trinajstić information content (AvgIpc) is 3.09. The van der Waals surface area contributed by atoms with Crippen LogP contribution >= 0.6 is 0 Å². The zero-order valence-electron chi connectivity index (χ0n) is 19.5. The van der Waals surface area contributed by atoms with Crippen molar-refractivity contribution in [1.29, 1.82) is 5.26 Å². The molecule has 1 aromatic heterocycles. The molecule has 6 heteroatoms. The van der Waals surface area contributed by atoms with Gasteiger partial charge < -0.3 is 5.11 Å². The number of aromatic nitrogens is 1. The predicted octanol–water partition coefficient (Wildman–Crippen LogP) is 5.19. The first kappa shape index (κ1) is 22.9. The second kappa shape index (κ2) is 8.60. The van der Waals surface area contributed by atoms with Gasteiger partial charge in [-0.1, -0.05) is 39.0 Å². The summed E-state index contributed by atoms with van der Waals surface area (Å²) in [5, 5.41) is 20.6. The maximum absolute atomic E-state index is 13.3. The van der Waals surface area contributed by atoms with Gasteiger partial charge in [-0.2, -0.15) is 5.26 Å². The lowest BCUT2D eigenvalue weighted by Gasteiger charge is -2.25. The fourth-order valence-corrected chi connectivity index (χ4v) is 4.14. The molecule has 6 nitrogen and oxygen atoms in total. The van der Waals surface area contributed by atoms with Gasteiger partial charge in [0.05, 0.1) is 23.2 Å². The van der Waals surface area contributed by atoms with E-state index in [9.17, 15) is 14.7 Å². The molecule has 3 aromatic rings. The summed E-state index contributed by atoms with van der Waals surface area (Å²) in [5.41, 5.74) is 3.63. The number of ketones is 1.